The van der Waals surface area contributed by atoms with Gasteiger partial charge in [0.15, 0.2) is 0 Å². The van der Waals surface area contributed by atoms with Gasteiger partial charge in [0.2, 0.25) is 11.8 Å². The van der Waals surface area contributed by atoms with Gasteiger partial charge in [-0.2, -0.15) is 0 Å². The van der Waals surface area contributed by atoms with Crippen molar-refractivity contribution < 1.29 is 14.3 Å². The Morgan fingerprint density at radius 3 is 2.00 bits per heavy atom. The van der Waals surface area contributed by atoms with E-state index >= 15 is 0 Å². The maximum atomic E-state index is 12.2. The summed E-state index contributed by atoms with van der Waals surface area (Å²) in [5, 5.41) is 0. The van der Waals surface area contributed by atoms with Gasteiger partial charge in [-0.05, 0) is 29.7 Å². The summed E-state index contributed by atoms with van der Waals surface area (Å²) in [6.45, 7) is 3.95. The highest BCUT2D eigenvalue weighted by molar-refractivity contribution is 6.25. The molecule has 1 saturated carbocycles. The topological polar surface area (TPSA) is 46.6 Å². The molecule has 1 aliphatic heterocycles. The summed E-state index contributed by atoms with van der Waals surface area (Å²) in [5.41, 5.74) is 0.478. The first kappa shape index (κ1) is 11.3. The Morgan fingerprint density at radius 1 is 1.06 bits per heavy atom. The average Bonchev–Trinajstić information content (AvgIpc) is 2.80. The van der Waals surface area contributed by atoms with Gasteiger partial charge in [-0.3, -0.25) is 14.5 Å². The fraction of sp³-hybridized carbons (Fsp3) is 0.429. The van der Waals surface area contributed by atoms with Crippen LogP contribution in [0, 0.1) is 17.3 Å². The van der Waals surface area contributed by atoms with Crippen molar-refractivity contribution in [3.63, 3.8) is 0 Å². The van der Waals surface area contributed by atoms with Crippen molar-refractivity contribution in [2.75, 3.05) is 12.0 Å². The summed E-state index contributed by atoms with van der Waals surface area (Å²) in [7, 11) is 1.58. The van der Waals surface area contributed by atoms with Crippen LogP contribution in [0.5, 0.6) is 5.75 Å². The summed E-state index contributed by atoms with van der Waals surface area (Å²) in [5.74, 6) is 0.308. The highest BCUT2D eigenvalue weighted by Gasteiger charge is 2.72. The number of hydrogen-bond donors (Lipinski definition) is 0. The van der Waals surface area contributed by atoms with Gasteiger partial charge in [-0.25, -0.2) is 0 Å². The lowest BCUT2D eigenvalue weighted by atomic mass is 10.1. The van der Waals surface area contributed by atoms with Crippen LogP contribution in [-0.2, 0) is 9.59 Å². The normalized spacial score (nSPS) is 28.3. The van der Waals surface area contributed by atoms with E-state index in [1.54, 1.807) is 31.4 Å². The molecule has 2 fully saturated rings. The third kappa shape index (κ3) is 1.26. The molecule has 0 spiro atoms. The highest BCUT2D eigenvalue weighted by atomic mass is 16.5. The molecule has 0 aromatic heterocycles. The van der Waals surface area contributed by atoms with Crippen LogP contribution in [0.15, 0.2) is 24.3 Å². The molecule has 3 rings (SSSR count). The number of piperidine rings is 1. The van der Waals surface area contributed by atoms with Crippen molar-refractivity contribution in [1.82, 2.24) is 0 Å². The molecule has 0 bridgehead atoms. The maximum absolute atomic E-state index is 12.2. The third-order valence-electron chi connectivity index (χ3n) is 4.13. The first-order chi connectivity index (χ1) is 8.48. The van der Waals surface area contributed by atoms with Crippen LogP contribution in [0.4, 0.5) is 5.69 Å². The minimum absolute atomic E-state index is 0.0693. The quantitative estimate of drug-likeness (QED) is 0.747. The fourth-order valence-electron chi connectivity index (χ4n) is 2.93. The monoisotopic (exact) mass is 245 g/mol. The molecule has 0 radical (unpaired) electrons. The first-order valence-corrected chi connectivity index (χ1v) is 6.00. The highest BCUT2D eigenvalue weighted by Crippen LogP contribution is 2.63. The Kier molecular flexibility index (Phi) is 2.09. The SMILES string of the molecule is COc1ccc(N2C(=O)[C@@H]3[C@H](C2=O)C3(C)C)cc1. The standard InChI is InChI=1S/C14H15NO3/c1-14(2)10-11(14)13(17)15(12(10)16)8-4-6-9(18-3)7-5-8/h4-7,10-11H,1-3H3/t10-,11+. The van der Waals surface area contributed by atoms with Crippen LogP contribution in [0.3, 0.4) is 0 Å². The number of nitrogens with zero attached hydrogens (tertiary/aromatic N) is 1. The molecule has 1 aromatic carbocycles. The number of benzene rings is 1. The minimum Gasteiger partial charge on any atom is -0.497 e. The lowest BCUT2D eigenvalue weighted by Crippen LogP contribution is -2.36. The van der Waals surface area contributed by atoms with Gasteiger partial charge >= 0.3 is 0 Å². The summed E-state index contributed by atoms with van der Waals surface area (Å²) < 4.78 is 5.06. The average molecular weight is 245 g/mol. The summed E-state index contributed by atoms with van der Waals surface area (Å²) >= 11 is 0. The number of methoxy groups -OCH3 is 1. The van der Waals surface area contributed by atoms with E-state index in [4.69, 9.17) is 4.74 Å². The zero-order chi connectivity index (χ0) is 13.1. The Morgan fingerprint density at radius 2 is 1.56 bits per heavy atom. The molecule has 18 heavy (non-hydrogen) atoms. The van der Waals surface area contributed by atoms with E-state index in [0.717, 1.165) is 0 Å². The van der Waals surface area contributed by atoms with Gasteiger partial charge in [0.05, 0.1) is 24.6 Å². The first-order valence-electron chi connectivity index (χ1n) is 6.00. The molecular weight excluding hydrogens is 230 g/mol. The number of anilines is 1. The largest absolute Gasteiger partial charge is 0.497 e. The molecule has 4 nitrogen and oxygen atoms in total. The van der Waals surface area contributed by atoms with E-state index < -0.39 is 0 Å². The van der Waals surface area contributed by atoms with E-state index in [-0.39, 0.29) is 29.1 Å². The maximum Gasteiger partial charge on any atom is 0.238 e. The molecule has 1 heterocycles. The molecule has 0 unspecified atom stereocenters. The van der Waals surface area contributed by atoms with Gasteiger partial charge in [-0.15, -0.1) is 0 Å². The number of ether oxygens (including phenoxy) is 1. The molecule has 94 valence electrons. The number of imide groups is 1. The molecule has 1 aromatic rings. The Balaban J connectivity index is 1.91. The summed E-state index contributed by atoms with van der Waals surface area (Å²) in [4.78, 5) is 25.7. The molecule has 2 atom stereocenters. The second-order valence-electron chi connectivity index (χ2n) is 5.49. The van der Waals surface area contributed by atoms with E-state index in [1.165, 1.54) is 4.90 Å². The van der Waals surface area contributed by atoms with Crippen LogP contribution in [-0.4, -0.2) is 18.9 Å². The van der Waals surface area contributed by atoms with Crippen molar-refractivity contribution >= 4 is 17.5 Å². The number of amides is 2. The third-order valence-corrected chi connectivity index (χ3v) is 4.13. The second kappa shape index (κ2) is 3.34. The molecule has 1 aliphatic carbocycles. The zero-order valence-electron chi connectivity index (χ0n) is 10.6. The van der Waals surface area contributed by atoms with Crippen molar-refractivity contribution in [1.29, 1.82) is 0 Å². The predicted molar refractivity (Wildman–Crippen MR) is 66.2 cm³/mol. The van der Waals surface area contributed by atoms with Crippen molar-refractivity contribution in [3.8, 4) is 5.75 Å². The van der Waals surface area contributed by atoms with Gasteiger partial charge in [0.1, 0.15) is 5.75 Å². The van der Waals surface area contributed by atoms with E-state index in [2.05, 4.69) is 0 Å². The van der Waals surface area contributed by atoms with Gasteiger partial charge in [0, 0.05) is 0 Å². The predicted octanol–water partition coefficient (Wildman–Crippen LogP) is 1.84. The van der Waals surface area contributed by atoms with Crippen LogP contribution in [0.25, 0.3) is 0 Å². The molecule has 1 saturated heterocycles. The van der Waals surface area contributed by atoms with Gasteiger partial charge < -0.3 is 4.74 Å². The van der Waals surface area contributed by atoms with Crippen LogP contribution in [0.1, 0.15) is 13.8 Å². The number of fused-ring (bicyclic) bond motifs is 1. The van der Waals surface area contributed by atoms with E-state index in [9.17, 15) is 9.59 Å². The van der Waals surface area contributed by atoms with Crippen molar-refractivity contribution in [3.05, 3.63) is 24.3 Å². The molecular formula is C14H15NO3. The fourth-order valence-corrected chi connectivity index (χ4v) is 2.93. The van der Waals surface area contributed by atoms with E-state index in [1.807, 2.05) is 13.8 Å². The van der Waals surface area contributed by atoms with E-state index in [0.29, 0.717) is 11.4 Å². The molecule has 0 N–H and O–H groups in total. The van der Waals surface area contributed by atoms with Gasteiger partial charge in [-0.1, -0.05) is 13.8 Å². The number of carbonyl (C=O) groups is 2. The molecule has 4 heteroatoms. The van der Waals surface area contributed by atoms with Crippen molar-refractivity contribution in [2.24, 2.45) is 17.3 Å². The smallest absolute Gasteiger partial charge is 0.238 e. The molecule has 2 amide bonds. The van der Waals surface area contributed by atoms with Crippen molar-refractivity contribution in [2.45, 2.75) is 13.8 Å². The summed E-state index contributed by atoms with van der Waals surface area (Å²) in [6, 6.07) is 6.99. The van der Waals surface area contributed by atoms with Crippen LogP contribution >= 0.6 is 0 Å². The Hall–Kier alpha value is -1.84. The Bertz CT molecular complexity index is 508. The van der Waals surface area contributed by atoms with Crippen LogP contribution < -0.4 is 9.64 Å². The Labute approximate surface area is 106 Å². The lowest BCUT2D eigenvalue weighted by molar-refractivity contribution is -0.125. The van der Waals surface area contributed by atoms with Gasteiger partial charge in [0.25, 0.3) is 0 Å². The second-order valence-corrected chi connectivity index (χ2v) is 5.49. The zero-order valence-corrected chi connectivity index (χ0v) is 10.6. The minimum atomic E-state index is -0.156. The molecule has 2 aliphatic rings. The number of carbonyl (C=O) groups excluding carboxylic acids is 2. The van der Waals surface area contributed by atoms with Crippen LogP contribution in [0.2, 0.25) is 0 Å². The number of hydrogen-bond acceptors (Lipinski definition) is 3. The lowest BCUT2D eigenvalue weighted by Gasteiger charge is -2.20. The number of rotatable bonds is 2. The summed E-state index contributed by atoms with van der Waals surface area (Å²) in [6.07, 6.45) is 0.